The standard InChI is InChI=1S/C19H22N4O5/c1-3-6-23-17-15(18(24)21-19(23)25)22(7-8-26-2)16(20-17)12-4-5-13-14(11-12)28-10-9-27-13/h4-5,11H,3,6-10H2,1-2H3,(H,21,24,25). The second kappa shape index (κ2) is 7.51. The molecule has 3 heterocycles. The summed E-state index contributed by atoms with van der Waals surface area (Å²) >= 11 is 0. The van der Waals surface area contributed by atoms with E-state index in [1.165, 1.54) is 4.57 Å². The molecular formula is C19H22N4O5. The van der Waals surface area contributed by atoms with Crippen molar-refractivity contribution in [3.63, 3.8) is 0 Å². The molecule has 28 heavy (non-hydrogen) atoms. The molecular weight excluding hydrogens is 364 g/mol. The van der Waals surface area contributed by atoms with Crippen molar-refractivity contribution in [1.29, 1.82) is 0 Å². The third-order valence-corrected chi connectivity index (χ3v) is 4.65. The zero-order chi connectivity index (χ0) is 19.7. The van der Waals surface area contributed by atoms with E-state index in [0.717, 1.165) is 12.0 Å². The first-order chi connectivity index (χ1) is 13.6. The Kier molecular flexibility index (Phi) is 4.91. The van der Waals surface area contributed by atoms with Gasteiger partial charge in [-0.05, 0) is 24.6 Å². The smallest absolute Gasteiger partial charge is 0.330 e. The van der Waals surface area contributed by atoms with Crippen molar-refractivity contribution in [3.05, 3.63) is 39.0 Å². The molecule has 3 aromatic rings. The van der Waals surface area contributed by atoms with Crippen LogP contribution in [0.15, 0.2) is 27.8 Å². The van der Waals surface area contributed by atoms with Gasteiger partial charge in [0.05, 0.1) is 6.61 Å². The average molecular weight is 386 g/mol. The summed E-state index contributed by atoms with van der Waals surface area (Å²) in [7, 11) is 1.60. The molecule has 9 nitrogen and oxygen atoms in total. The van der Waals surface area contributed by atoms with Crippen LogP contribution in [0.25, 0.3) is 22.6 Å². The van der Waals surface area contributed by atoms with Crippen LogP contribution in [0.2, 0.25) is 0 Å². The normalized spacial score (nSPS) is 13.2. The van der Waals surface area contributed by atoms with Crippen molar-refractivity contribution in [3.8, 4) is 22.9 Å². The number of ether oxygens (including phenoxy) is 3. The molecule has 0 fully saturated rings. The molecule has 1 aliphatic heterocycles. The van der Waals surface area contributed by atoms with Crippen LogP contribution >= 0.6 is 0 Å². The zero-order valence-electron chi connectivity index (χ0n) is 15.9. The lowest BCUT2D eigenvalue weighted by Gasteiger charge is -2.19. The molecule has 0 unspecified atom stereocenters. The maximum absolute atomic E-state index is 12.6. The molecule has 148 valence electrons. The summed E-state index contributed by atoms with van der Waals surface area (Å²) < 4.78 is 19.8. The van der Waals surface area contributed by atoms with Crippen molar-refractivity contribution < 1.29 is 14.2 Å². The third-order valence-electron chi connectivity index (χ3n) is 4.65. The molecule has 0 radical (unpaired) electrons. The monoisotopic (exact) mass is 386 g/mol. The minimum atomic E-state index is -0.459. The number of hydrogen-bond donors (Lipinski definition) is 1. The number of imidazole rings is 1. The summed E-state index contributed by atoms with van der Waals surface area (Å²) in [5.74, 6) is 1.88. The van der Waals surface area contributed by atoms with Crippen LogP contribution in [0.3, 0.4) is 0 Å². The summed E-state index contributed by atoms with van der Waals surface area (Å²) in [5, 5.41) is 0. The number of hydrogen-bond acceptors (Lipinski definition) is 6. The molecule has 0 aliphatic carbocycles. The van der Waals surface area contributed by atoms with Crippen LogP contribution in [-0.2, 0) is 17.8 Å². The van der Waals surface area contributed by atoms with E-state index in [2.05, 4.69) is 9.97 Å². The molecule has 9 heteroatoms. The molecule has 0 bridgehead atoms. The fourth-order valence-electron chi connectivity index (χ4n) is 3.41. The Morgan fingerprint density at radius 1 is 1.14 bits per heavy atom. The average Bonchev–Trinajstić information content (AvgIpc) is 3.09. The van der Waals surface area contributed by atoms with Gasteiger partial charge in [0.2, 0.25) is 0 Å². The maximum Gasteiger partial charge on any atom is 0.330 e. The highest BCUT2D eigenvalue weighted by molar-refractivity contribution is 5.77. The molecule has 0 amide bonds. The molecule has 0 saturated heterocycles. The zero-order valence-corrected chi connectivity index (χ0v) is 15.9. The highest BCUT2D eigenvalue weighted by atomic mass is 16.6. The van der Waals surface area contributed by atoms with E-state index in [4.69, 9.17) is 14.2 Å². The number of aromatic amines is 1. The van der Waals surface area contributed by atoms with E-state index in [1.807, 2.05) is 25.1 Å². The summed E-state index contributed by atoms with van der Waals surface area (Å²) in [5.41, 5.74) is 0.585. The van der Waals surface area contributed by atoms with Gasteiger partial charge >= 0.3 is 5.69 Å². The SMILES string of the molecule is CCCn1c(=O)[nH]c(=O)c2c1nc(-c1ccc3c(c1)OCCO3)n2CCOC. The number of aromatic nitrogens is 4. The lowest BCUT2D eigenvalue weighted by atomic mass is 10.2. The number of fused-ring (bicyclic) bond motifs is 2. The van der Waals surface area contributed by atoms with Crippen LogP contribution < -0.4 is 20.7 Å². The van der Waals surface area contributed by atoms with Crippen LogP contribution in [-0.4, -0.2) is 46.0 Å². The van der Waals surface area contributed by atoms with Gasteiger partial charge in [-0.1, -0.05) is 6.92 Å². The Morgan fingerprint density at radius 2 is 1.93 bits per heavy atom. The Labute approximate surface area is 160 Å². The second-order valence-corrected chi connectivity index (χ2v) is 6.52. The molecule has 2 aromatic heterocycles. The Bertz CT molecular complexity index is 1130. The van der Waals surface area contributed by atoms with Gasteiger partial charge in [-0.3, -0.25) is 14.3 Å². The van der Waals surface area contributed by atoms with Crippen LogP contribution in [0.5, 0.6) is 11.5 Å². The lowest BCUT2D eigenvalue weighted by molar-refractivity contribution is 0.171. The van der Waals surface area contributed by atoms with Crippen LogP contribution in [0.4, 0.5) is 0 Å². The quantitative estimate of drug-likeness (QED) is 0.687. The number of benzene rings is 1. The Hall–Kier alpha value is -3.07. The van der Waals surface area contributed by atoms with E-state index in [9.17, 15) is 9.59 Å². The largest absolute Gasteiger partial charge is 0.486 e. The van der Waals surface area contributed by atoms with Crippen molar-refractivity contribution in [2.24, 2.45) is 0 Å². The topological polar surface area (TPSA) is 100 Å². The van der Waals surface area contributed by atoms with Gasteiger partial charge in [0.15, 0.2) is 22.7 Å². The van der Waals surface area contributed by atoms with E-state index in [0.29, 0.717) is 61.4 Å². The summed E-state index contributed by atoms with van der Waals surface area (Å²) in [6.07, 6.45) is 0.741. The van der Waals surface area contributed by atoms with E-state index in [-0.39, 0.29) is 0 Å². The van der Waals surface area contributed by atoms with Gasteiger partial charge in [-0.15, -0.1) is 0 Å². The predicted octanol–water partition coefficient (Wildman–Crippen LogP) is 1.38. The minimum Gasteiger partial charge on any atom is -0.486 e. The molecule has 0 saturated carbocycles. The highest BCUT2D eigenvalue weighted by Gasteiger charge is 2.21. The summed E-state index contributed by atoms with van der Waals surface area (Å²) in [4.78, 5) is 32.0. The molecule has 4 rings (SSSR count). The van der Waals surface area contributed by atoms with Gasteiger partial charge in [-0.2, -0.15) is 0 Å². The first-order valence-electron chi connectivity index (χ1n) is 9.26. The van der Waals surface area contributed by atoms with Gasteiger partial charge < -0.3 is 18.8 Å². The number of nitrogens with zero attached hydrogens (tertiary/aromatic N) is 3. The first-order valence-corrected chi connectivity index (χ1v) is 9.26. The molecule has 0 spiro atoms. The maximum atomic E-state index is 12.6. The molecule has 1 aliphatic rings. The number of nitrogens with one attached hydrogen (secondary N) is 1. The Morgan fingerprint density at radius 3 is 2.68 bits per heavy atom. The van der Waals surface area contributed by atoms with Crippen molar-refractivity contribution >= 4 is 11.2 Å². The fourth-order valence-corrected chi connectivity index (χ4v) is 3.41. The number of rotatable bonds is 6. The first kappa shape index (κ1) is 18.3. The summed E-state index contributed by atoms with van der Waals surface area (Å²) in [6, 6.07) is 5.54. The molecule has 1 aromatic carbocycles. The van der Waals surface area contributed by atoms with Crippen LogP contribution in [0.1, 0.15) is 13.3 Å². The van der Waals surface area contributed by atoms with Crippen LogP contribution in [0, 0.1) is 0 Å². The van der Waals surface area contributed by atoms with E-state index in [1.54, 1.807) is 11.7 Å². The second-order valence-electron chi connectivity index (χ2n) is 6.52. The number of H-pyrrole nitrogens is 1. The minimum absolute atomic E-state index is 0.356. The van der Waals surface area contributed by atoms with E-state index >= 15 is 0 Å². The van der Waals surface area contributed by atoms with Gasteiger partial charge in [0, 0.05) is 25.8 Å². The molecule has 0 atom stereocenters. The Balaban J connectivity index is 1.97. The third kappa shape index (κ3) is 3.07. The highest BCUT2D eigenvalue weighted by Crippen LogP contribution is 2.34. The number of methoxy groups -OCH3 is 1. The van der Waals surface area contributed by atoms with Crippen molar-refractivity contribution in [2.45, 2.75) is 26.4 Å². The van der Waals surface area contributed by atoms with Gasteiger partial charge in [0.1, 0.15) is 19.0 Å². The van der Waals surface area contributed by atoms with Gasteiger partial charge in [-0.25, -0.2) is 9.78 Å². The number of aryl methyl sites for hydroxylation is 1. The lowest BCUT2D eigenvalue weighted by Crippen LogP contribution is -2.31. The summed E-state index contributed by atoms with van der Waals surface area (Å²) in [6.45, 7) is 4.24. The molecule has 1 N–H and O–H groups in total. The fraction of sp³-hybridized carbons (Fsp3) is 0.421. The van der Waals surface area contributed by atoms with Crippen molar-refractivity contribution in [2.75, 3.05) is 26.9 Å². The van der Waals surface area contributed by atoms with Gasteiger partial charge in [0.25, 0.3) is 5.56 Å². The van der Waals surface area contributed by atoms with E-state index < -0.39 is 11.2 Å². The van der Waals surface area contributed by atoms with Crippen molar-refractivity contribution in [1.82, 2.24) is 19.1 Å². The predicted molar refractivity (Wildman–Crippen MR) is 103 cm³/mol.